The van der Waals surface area contributed by atoms with Crippen LogP contribution in [0.2, 0.25) is 5.02 Å². The first-order chi connectivity index (χ1) is 10.7. The normalized spacial score (nSPS) is 20.7. The second-order valence-electron chi connectivity index (χ2n) is 6.45. The number of hydrogen-bond donors (Lipinski definition) is 1. The van der Waals surface area contributed by atoms with Crippen molar-refractivity contribution in [3.8, 4) is 11.5 Å². The van der Waals surface area contributed by atoms with Gasteiger partial charge in [-0.15, -0.1) is 0 Å². The molecule has 5 heteroatoms. The lowest BCUT2D eigenvalue weighted by atomic mass is 9.90. The number of piperidine rings is 1. The molecular weight excluding hydrogens is 300 g/mol. The first-order valence-electron chi connectivity index (χ1n) is 8.08. The molecule has 0 amide bonds. The molecule has 0 aromatic heterocycles. The molecule has 122 valence electrons. The summed E-state index contributed by atoms with van der Waals surface area (Å²) in [4.78, 5) is 2.25. The molecule has 0 unspecified atom stereocenters. The van der Waals surface area contributed by atoms with Crippen molar-refractivity contribution in [2.45, 2.75) is 25.4 Å². The quantitative estimate of drug-likeness (QED) is 0.902. The Hall–Kier alpha value is -0.970. The van der Waals surface area contributed by atoms with Crippen LogP contribution in [0, 0.1) is 5.92 Å². The van der Waals surface area contributed by atoms with Crippen LogP contribution in [0.1, 0.15) is 18.4 Å². The highest BCUT2D eigenvalue weighted by Gasteiger charge is 2.28. The van der Waals surface area contributed by atoms with Crippen molar-refractivity contribution in [1.82, 2.24) is 10.2 Å². The van der Waals surface area contributed by atoms with Gasteiger partial charge in [-0.2, -0.15) is 0 Å². The van der Waals surface area contributed by atoms with Crippen molar-refractivity contribution < 1.29 is 9.47 Å². The molecule has 2 fully saturated rings. The van der Waals surface area contributed by atoms with Crippen LogP contribution < -0.4 is 14.8 Å². The number of nitrogens with zero attached hydrogens (tertiary/aromatic N) is 1. The molecule has 2 heterocycles. The highest BCUT2D eigenvalue weighted by Crippen LogP contribution is 2.38. The lowest BCUT2D eigenvalue weighted by Crippen LogP contribution is -2.51. The maximum Gasteiger partial charge on any atom is 0.165 e. The lowest BCUT2D eigenvalue weighted by molar-refractivity contribution is 0.0360. The largest absolute Gasteiger partial charge is 0.493 e. The fourth-order valence-electron chi connectivity index (χ4n) is 3.34. The molecule has 2 saturated heterocycles. The third-order valence-electron chi connectivity index (χ3n) is 4.60. The number of nitrogens with one attached hydrogen (secondary N) is 1. The number of likely N-dealkylation sites (N-methyl/N-ethyl adjacent to an activating group) is 1. The lowest BCUT2D eigenvalue weighted by Gasteiger charge is -2.37. The van der Waals surface area contributed by atoms with Crippen molar-refractivity contribution in [3.05, 3.63) is 22.7 Å². The van der Waals surface area contributed by atoms with E-state index in [1.165, 1.54) is 18.4 Å². The zero-order valence-electron chi connectivity index (χ0n) is 13.4. The van der Waals surface area contributed by atoms with Crippen molar-refractivity contribution in [3.63, 3.8) is 0 Å². The molecule has 2 aliphatic heterocycles. The predicted octanol–water partition coefficient (Wildman–Crippen LogP) is 2.58. The maximum absolute atomic E-state index is 6.27. The number of benzene rings is 1. The van der Waals surface area contributed by atoms with Gasteiger partial charge in [0.25, 0.3) is 0 Å². The van der Waals surface area contributed by atoms with E-state index in [0.717, 1.165) is 49.1 Å². The number of rotatable bonds is 5. The van der Waals surface area contributed by atoms with Gasteiger partial charge in [0.2, 0.25) is 0 Å². The minimum atomic E-state index is 0.256. The number of hydrogen-bond acceptors (Lipinski definition) is 4. The molecule has 1 N–H and O–H groups in total. The molecule has 0 atom stereocenters. The molecule has 0 spiro atoms. The van der Waals surface area contributed by atoms with E-state index in [1.54, 1.807) is 7.11 Å². The Labute approximate surface area is 137 Å². The number of likely N-dealkylation sites (tertiary alicyclic amines) is 1. The summed E-state index contributed by atoms with van der Waals surface area (Å²) in [6.07, 6.45) is 3.68. The van der Waals surface area contributed by atoms with Gasteiger partial charge in [-0.3, -0.25) is 4.90 Å². The summed E-state index contributed by atoms with van der Waals surface area (Å²) < 4.78 is 11.7. The van der Waals surface area contributed by atoms with Gasteiger partial charge in [-0.1, -0.05) is 11.6 Å². The first-order valence-corrected chi connectivity index (χ1v) is 8.46. The van der Waals surface area contributed by atoms with Crippen LogP contribution in [0.5, 0.6) is 11.5 Å². The minimum Gasteiger partial charge on any atom is -0.493 e. The summed E-state index contributed by atoms with van der Waals surface area (Å²) in [5, 5.41) is 4.14. The van der Waals surface area contributed by atoms with E-state index in [0.29, 0.717) is 5.92 Å². The standard InChI is InChI=1S/C17H25ClN2O2/c1-20-10-15(11-20)22-17-13(7-12-3-5-19-6-4-12)8-14(18)9-16(17)21-2/h8-9,12,15,19H,3-7,10-11H2,1-2H3. The van der Waals surface area contributed by atoms with E-state index in [2.05, 4.69) is 17.3 Å². The van der Waals surface area contributed by atoms with Crippen LogP contribution in [0.15, 0.2) is 12.1 Å². The highest BCUT2D eigenvalue weighted by molar-refractivity contribution is 6.30. The van der Waals surface area contributed by atoms with Crippen LogP contribution in [-0.2, 0) is 6.42 Å². The van der Waals surface area contributed by atoms with E-state index < -0.39 is 0 Å². The average Bonchev–Trinajstić information content (AvgIpc) is 2.48. The molecule has 1 aromatic rings. The summed E-state index contributed by atoms with van der Waals surface area (Å²) >= 11 is 6.27. The minimum absolute atomic E-state index is 0.256. The van der Waals surface area contributed by atoms with Gasteiger partial charge in [-0.25, -0.2) is 0 Å². The van der Waals surface area contributed by atoms with E-state index in [9.17, 15) is 0 Å². The molecule has 1 aromatic carbocycles. The molecule has 0 saturated carbocycles. The predicted molar refractivity (Wildman–Crippen MR) is 89.2 cm³/mol. The maximum atomic E-state index is 6.27. The molecule has 0 aliphatic carbocycles. The fraction of sp³-hybridized carbons (Fsp3) is 0.647. The fourth-order valence-corrected chi connectivity index (χ4v) is 3.57. The van der Waals surface area contributed by atoms with Gasteiger partial charge in [0.15, 0.2) is 11.5 Å². The zero-order chi connectivity index (χ0) is 15.5. The Morgan fingerprint density at radius 3 is 2.64 bits per heavy atom. The summed E-state index contributed by atoms with van der Waals surface area (Å²) in [5.41, 5.74) is 1.19. The Morgan fingerprint density at radius 2 is 2.00 bits per heavy atom. The molecule has 22 heavy (non-hydrogen) atoms. The van der Waals surface area contributed by atoms with Gasteiger partial charge < -0.3 is 14.8 Å². The van der Waals surface area contributed by atoms with Crippen LogP contribution in [0.3, 0.4) is 0 Å². The summed E-state index contributed by atoms with van der Waals surface area (Å²) in [7, 11) is 3.79. The van der Waals surface area contributed by atoms with Gasteiger partial charge in [0.05, 0.1) is 7.11 Å². The summed E-state index contributed by atoms with van der Waals surface area (Å²) in [6, 6.07) is 3.90. The highest BCUT2D eigenvalue weighted by atomic mass is 35.5. The first kappa shape index (κ1) is 15.9. The van der Waals surface area contributed by atoms with Gasteiger partial charge >= 0.3 is 0 Å². The Bertz CT molecular complexity index is 512. The summed E-state index contributed by atoms with van der Waals surface area (Å²) in [6.45, 7) is 4.15. The smallest absolute Gasteiger partial charge is 0.165 e. The molecule has 4 nitrogen and oxygen atoms in total. The molecule has 0 radical (unpaired) electrons. The second kappa shape index (κ2) is 7.07. The van der Waals surface area contributed by atoms with Crippen molar-refractivity contribution in [1.29, 1.82) is 0 Å². The van der Waals surface area contributed by atoms with E-state index in [4.69, 9.17) is 21.1 Å². The van der Waals surface area contributed by atoms with Crippen molar-refractivity contribution >= 4 is 11.6 Å². The van der Waals surface area contributed by atoms with Gasteiger partial charge in [0.1, 0.15) is 6.10 Å². The topological polar surface area (TPSA) is 33.7 Å². The number of methoxy groups -OCH3 is 1. The third-order valence-corrected chi connectivity index (χ3v) is 4.82. The summed E-state index contributed by atoms with van der Waals surface area (Å²) in [5.74, 6) is 2.34. The van der Waals surface area contributed by atoms with Crippen LogP contribution in [0.25, 0.3) is 0 Å². The number of halogens is 1. The monoisotopic (exact) mass is 324 g/mol. The van der Waals surface area contributed by atoms with E-state index in [1.807, 2.05) is 12.1 Å². The van der Waals surface area contributed by atoms with Crippen LogP contribution in [-0.4, -0.2) is 51.3 Å². The van der Waals surface area contributed by atoms with Crippen LogP contribution >= 0.6 is 11.6 Å². The van der Waals surface area contributed by atoms with E-state index >= 15 is 0 Å². The Kier molecular flexibility index (Phi) is 5.11. The molecule has 3 rings (SSSR count). The van der Waals surface area contributed by atoms with Crippen LogP contribution in [0.4, 0.5) is 0 Å². The SMILES string of the molecule is COc1cc(Cl)cc(CC2CCNCC2)c1OC1CN(C)C1. The Balaban J connectivity index is 1.80. The number of ether oxygens (including phenoxy) is 2. The molecule has 0 bridgehead atoms. The Morgan fingerprint density at radius 1 is 1.27 bits per heavy atom. The molecule has 2 aliphatic rings. The van der Waals surface area contributed by atoms with Crippen molar-refractivity contribution in [2.75, 3.05) is 40.3 Å². The van der Waals surface area contributed by atoms with E-state index in [-0.39, 0.29) is 6.10 Å². The zero-order valence-corrected chi connectivity index (χ0v) is 14.2. The van der Waals surface area contributed by atoms with Crippen molar-refractivity contribution in [2.24, 2.45) is 5.92 Å². The molecular formula is C17H25ClN2O2. The average molecular weight is 325 g/mol. The van der Waals surface area contributed by atoms with Gasteiger partial charge in [-0.05, 0) is 56.9 Å². The third kappa shape index (κ3) is 3.67. The second-order valence-corrected chi connectivity index (χ2v) is 6.89. The van der Waals surface area contributed by atoms with Gasteiger partial charge in [0, 0.05) is 24.2 Å².